The molecule has 1 aliphatic rings. The highest BCUT2D eigenvalue weighted by Gasteiger charge is 2.30. The van der Waals surface area contributed by atoms with Crippen LogP contribution in [0, 0.1) is 13.8 Å². The number of thioether (sulfide) groups is 1. The molecule has 0 spiro atoms. The van der Waals surface area contributed by atoms with Crippen molar-refractivity contribution < 1.29 is 14.3 Å². The SMILES string of the molecule is CCc1ccc(-n2c(C)cc(/C=C3\SC(=Nc4ccc(C(=O)OC)cc4)N(C)C3=O)c2C)cc1. The first-order chi connectivity index (χ1) is 16.3. The van der Waals surface area contributed by atoms with Crippen molar-refractivity contribution in [3.05, 3.63) is 87.6 Å². The summed E-state index contributed by atoms with van der Waals surface area (Å²) in [6, 6.07) is 17.5. The molecular weight excluding hydrogens is 446 g/mol. The van der Waals surface area contributed by atoms with Gasteiger partial charge in [0.1, 0.15) is 0 Å². The maximum Gasteiger partial charge on any atom is 0.337 e. The second kappa shape index (κ2) is 9.73. The van der Waals surface area contributed by atoms with Crippen LogP contribution in [-0.2, 0) is 16.0 Å². The molecule has 0 atom stereocenters. The average molecular weight is 474 g/mol. The Hall–Kier alpha value is -3.58. The number of methoxy groups -OCH3 is 1. The third-order valence-electron chi connectivity index (χ3n) is 5.88. The Morgan fingerprint density at radius 2 is 1.76 bits per heavy atom. The van der Waals surface area contributed by atoms with Crippen molar-refractivity contribution in [3.8, 4) is 5.69 Å². The lowest BCUT2D eigenvalue weighted by Crippen LogP contribution is -2.23. The molecule has 2 heterocycles. The molecule has 1 aromatic heterocycles. The number of amides is 1. The zero-order chi connectivity index (χ0) is 24.4. The maximum absolute atomic E-state index is 12.9. The van der Waals surface area contributed by atoms with Crippen LogP contribution in [0.4, 0.5) is 5.69 Å². The highest BCUT2D eigenvalue weighted by atomic mass is 32.2. The molecule has 0 N–H and O–H groups in total. The van der Waals surface area contributed by atoms with Gasteiger partial charge in [0.2, 0.25) is 0 Å². The van der Waals surface area contributed by atoms with Crippen LogP contribution in [0.25, 0.3) is 11.8 Å². The van der Waals surface area contributed by atoms with Crippen molar-refractivity contribution in [1.82, 2.24) is 9.47 Å². The van der Waals surface area contributed by atoms with Crippen LogP contribution in [0.5, 0.6) is 0 Å². The Kier molecular flexibility index (Phi) is 6.75. The van der Waals surface area contributed by atoms with Gasteiger partial charge in [0, 0.05) is 24.1 Å². The van der Waals surface area contributed by atoms with Gasteiger partial charge in [-0.2, -0.15) is 0 Å². The summed E-state index contributed by atoms with van der Waals surface area (Å²) in [5.41, 5.74) is 6.71. The van der Waals surface area contributed by atoms with Gasteiger partial charge < -0.3 is 9.30 Å². The monoisotopic (exact) mass is 473 g/mol. The Bertz CT molecular complexity index is 1300. The number of rotatable bonds is 5. The molecule has 1 saturated heterocycles. The molecule has 3 aromatic rings. The van der Waals surface area contributed by atoms with E-state index in [1.807, 2.05) is 6.08 Å². The standard InChI is InChI=1S/C27H27N3O3S/c1-6-19-7-13-23(14-8-19)30-17(2)15-21(18(30)3)16-24-25(31)29(4)27(34-24)28-22-11-9-20(10-12-22)26(32)33-5/h7-16H,6H2,1-5H3/b24-16-,28-27?. The highest BCUT2D eigenvalue weighted by Crippen LogP contribution is 2.34. The van der Waals surface area contributed by atoms with Gasteiger partial charge in [-0.1, -0.05) is 19.1 Å². The third kappa shape index (κ3) is 4.56. The molecule has 0 unspecified atom stereocenters. The second-order valence-corrected chi connectivity index (χ2v) is 9.10. The maximum atomic E-state index is 12.9. The number of esters is 1. The number of aliphatic imine (C=N–C) groups is 1. The lowest BCUT2D eigenvalue weighted by molar-refractivity contribution is -0.121. The van der Waals surface area contributed by atoms with Crippen LogP contribution in [0.2, 0.25) is 0 Å². The topological polar surface area (TPSA) is 63.9 Å². The molecule has 4 rings (SSSR count). The minimum absolute atomic E-state index is 0.0907. The number of amidine groups is 1. The molecular formula is C27H27N3O3S. The van der Waals surface area contributed by atoms with Gasteiger partial charge in [0.25, 0.3) is 5.91 Å². The van der Waals surface area contributed by atoms with Crippen LogP contribution in [-0.4, -0.2) is 40.7 Å². The van der Waals surface area contributed by atoms with Gasteiger partial charge in [-0.3, -0.25) is 9.69 Å². The summed E-state index contributed by atoms with van der Waals surface area (Å²) in [4.78, 5) is 31.3. The summed E-state index contributed by atoms with van der Waals surface area (Å²) >= 11 is 1.34. The van der Waals surface area contributed by atoms with E-state index in [0.29, 0.717) is 21.3 Å². The Morgan fingerprint density at radius 3 is 2.38 bits per heavy atom. The third-order valence-corrected chi connectivity index (χ3v) is 6.94. The van der Waals surface area contributed by atoms with Crippen molar-refractivity contribution in [3.63, 3.8) is 0 Å². The van der Waals surface area contributed by atoms with Gasteiger partial charge in [-0.25, -0.2) is 9.79 Å². The first kappa shape index (κ1) is 23.6. The minimum atomic E-state index is -0.397. The number of benzene rings is 2. The molecule has 174 valence electrons. The fourth-order valence-electron chi connectivity index (χ4n) is 3.91. The van der Waals surface area contributed by atoms with Crippen LogP contribution >= 0.6 is 11.8 Å². The van der Waals surface area contributed by atoms with E-state index >= 15 is 0 Å². The molecule has 0 aliphatic carbocycles. The van der Waals surface area contributed by atoms with Crippen LogP contribution < -0.4 is 0 Å². The van der Waals surface area contributed by atoms with E-state index in [2.05, 4.69) is 60.7 Å². The highest BCUT2D eigenvalue weighted by molar-refractivity contribution is 8.18. The number of hydrogen-bond donors (Lipinski definition) is 0. The number of ether oxygens (including phenoxy) is 1. The quantitative estimate of drug-likeness (QED) is 0.353. The summed E-state index contributed by atoms with van der Waals surface area (Å²) in [6.45, 7) is 6.29. The molecule has 1 amide bonds. The molecule has 6 nitrogen and oxygen atoms in total. The number of aromatic nitrogens is 1. The number of aryl methyl sites for hydroxylation is 2. The van der Waals surface area contributed by atoms with Gasteiger partial charge in [-0.05, 0) is 91.7 Å². The molecule has 1 aliphatic heterocycles. The van der Waals surface area contributed by atoms with E-state index < -0.39 is 5.97 Å². The van der Waals surface area contributed by atoms with Gasteiger partial charge in [-0.15, -0.1) is 0 Å². The largest absolute Gasteiger partial charge is 0.465 e. The number of nitrogens with zero attached hydrogens (tertiary/aromatic N) is 3. The minimum Gasteiger partial charge on any atom is -0.465 e. The summed E-state index contributed by atoms with van der Waals surface area (Å²) < 4.78 is 6.93. The normalized spacial score (nSPS) is 16.0. The molecule has 34 heavy (non-hydrogen) atoms. The fraction of sp³-hybridized carbons (Fsp3) is 0.222. The van der Waals surface area contributed by atoms with Gasteiger partial charge in [0.15, 0.2) is 5.17 Å². The second-order valence-electron chi connectivity index (χ2n) is 8.09. The van der Waals surface area contributed by atoms with E-state index in [-0.39, 0.29) is 5.91 Å². The Morgan fingerprint density at radius 1 is 1.09 bits per heavy atom. The van der Waals surface area contributed by atoms with Crippen molar-refractivity contribution in [2.75, 3.05) is 14.2 Å². The smallest absolute Gasteiger partial charge is 0.337 e. The Labute approximate surface area is 203 Å². The number of carbonyl (C=O) groups is 2. The van der Waals surface area contributed by atoms with Crippen LogP contribution in [0.3, 0.4) is 0 Å². The molecule has 0 radical (unpaired) electrons. The molecule has 0 bridgehead atoms. The van der Waals surface area contributed by atoms with Crippen LogP contribution in [0.15, 0.2) is 64.5 Å². The lowest BCUT2D eigenvalue weighted by atomic mass is 10.1. The van der Waals surface area contributed by atoms with E-state index in [1.165, 1.54) is 24.4 Å². The molecule has 1 fully saturated rings. The zero-order valence-electron chi connectivity index (χ0n) is 20.0. The zero-order valence-corrected chi connectivity index (χ0v) is 20.8. The van der Waals surface area contributed by atoms with E-state index in [0.717, 1.165) is 29.1 Å². The van der Waals surface area contributed by atoms with Gasteiger partial charge >= 0.3 is 5.97 Å². The predicted octanol–water partition coefficient (Wildman–Crippen LogP) is 5.68. The summed E-state index contributed by atoms with van der Waals surface area (Å²) in [5, 5.41) is 0.589. The first-order valence-electron chi connectivity index (χ1n) is 11.0. The first-order valence-corrected chi connectivity index (χ1v) is 11.9. The van der Waals surface area contributed by atoms with Crippen molar-refractivity contribution in [1.29, 1.82) is 0 Å². The Balaban J connectivity index is 1.61. The summed E-state index contributed by atoms with van der Waals surface area (Å²) in [5.74, 6) is -0.488. The van der Waals surface area contributed by atoms with Crippen molar-refractivity contribution in [2.45, 2.75) is 27.2 Å². The average Bonchev–Trinajstić information content (AvgIpc) is 3.28. The molecule has 0 saturated carbocycles. The van der Waals surface area contributed by atoms with E-state index in [1.54, 1.807) is 36.2 Å². The molecule has 7 heteroatoms. The predicted molar refractivity (Wildman–Crippen MR) is 138 cm³/mol. The molecule has 2 aromatic carbocycles. The van der Waals surface area contributed by atoms with E-state index in [9.17, 15) is 9.59 Å². The number of likely N-dealkylation sites (N-methyl/N-ethyl adjacent to an activating group) is 1. The van der Waals surface area contributed by atoms with Crippen molar-refractivity contribution in [2.24, 2.45) is 4.99 Å². The summed E-state index contributed by atoms with van der Waals surface area (Å²) in [7, 11) is 3.07. The van der Waals surface area contributed by atoms with E-state index in [4.69, 9.17) is 4.74 Å². The van der Waals surface area contributed by atoms with Crippen LogP contribution in [0.1, 0.15) is 39.8 Å². The fourth-order valence-corrected chi connectivity index (χ4v) is 4.88. The van der Waals surface area contributed by atoms with Crippen molar-refractivity contribution >= 4 is 40.6 Å². The number of carbonyl (C=O) groups excluding carboxylic acids is 2. The summed E-state index contributed by atoms with van der Waals surface area (Å²) in [6.07, 6.45) is 2.94. The van der Waals surface area contributed by atoms with Gasteiger partial charge in [0.05, 0.1) is 23.3 Å². The number of hydrogen-bond acceptors (Lipinski definition) is 5. The lowest BCUT2D eigenvalue weighted by Gasteiger charge is -2.10.